The number of hydrogen-bond acceptors (Lipinski definition) is 3. The quantitative estimate of drug-likeness (QED) is 0.712. The summed E-state index contributed by atoms with van der Waals surface area (Å²) in [5.74, 6) is 0.689. The number of para-hydroxylation sites is 1. The maximum atomic E-state index is 12.6. The van der Waals surface area contributed by atoms with Crippen LogP contribution in [0.4, 0.5) is 0 Å². The molecule has 1 heterocycles. The van der Waals surface area contributed by atoms with Crippen LogP contribution >= 0.6 is 0 Å². The van der Waals surface area contributed by atoms with Gasteiger partial charge in [0.25, 0.3) is 5.91 Å². The van der Waals surface area contributed by atoms with Crippen molar-refractivity contribution >= 4 is 5.91 Å². The number of nitrogens with zero attached hydrogens (tertiary/aromatic N) is 1. The first-order valence-corrected chi connectivity index (χ1v) is 8.62. The highest BCUT2D eigenvalue weighted by atomic mass is 16.5. The number of H-pyrrole nitrogens is 1. The standard InChI is InChI=1S/C21H23N3O2/c1-14(11-18-12-15(2)23-24-18)22-21(25)17-8-6-7-16(13-17)19-9-4-5-10-20(19)26-3/h4-10,12-14H,11H2,1-3H3,(H,22,25)(H,23,24). The highest BCUT2D eigenvalue weighted by Crippen LogP contribution is 2.29. The molecule has 0 bridgehead atoms. The van der Waals surface area contributed by atoms with Gasteiger partial charge in [0.05, 0.1) is 12.8 Å². The van der Waals surface area contributed by atoms with E-state index in [1.165, 1.54) is 0 Å². The third-order valence-corrected chi connectivity index (χ3v) is 4.19. The molecule has 0 aliphatic rings. The van der Waals surface area contributed by atoms with Crippen LogP contribution in [0, 0.1) is 6.92 Å². The van der Waals surface area contributed by atoms with Crippen molar-refractivity contribution in [3.05, 3.63) is 71.5 Å². The second kappa shape index (κ2) is 7.87. The number of ether oxygens (including phenoxy) is 1. The second-order valence-corrected chi connectivity index (χ2v) is 6.40. The molecule has 26 heavy (non-hydrogen) atoms. The molecule has 1 aromatic heterocycles. The number of amides is 1. The van der Waals surface area contributed by atoms with Crippen molar-refractivity contribution in [2.75, 3.05) is 7.11 Å². The van der Waals surface area contributed by atoms with Crippen LogP contribution in [0.15, 0.2) is 54.6 Å². The summed E-state index contributed by atoms with van der Waals surface area (Å²) >= 11 is 0. The summed E-state index contributed by atoms with van der Waals surface area (Å²) in [6, 6.07) is 17.3. The molecule has 1 amide bonds. The van der Waals surface area contributed by atoms with E-state index in [1.807, 2.05) is 68.4 Å². The van der Waals surface area contributed by atoms with Crippen molar-refractivity contribution < 1.29 is 9.53 Å². The monoisotopic (exact) mass is 349 g/mol. The van der Waals surface area contributed by atoms with Crippen LogP contribution < -0.4 is 10.1 Å². The molecule has 3 aromatic rings. The lowest BCUT2D eigenvalue weighted by molar-refractivity contribution is 0.0940. The number of carbonyl (C=O) groups is 1. The van der Waals surface area contributed by atoms with Crippen molar-refractivity contribution in [2.24, 2.45) is 0 Å². The van der Waals surface area contributed by atoms with Gasteiger partial charge in [-0.25, -0.2) is 0 Å². The SMILES string of the molecule is COc1ccccc1-c1cccc(C(=O)NC(C)Cc2cc(C)[nH]n2)c1. The van der Waals surface area contributed by atoms with E-state index < -0.39 is 0 Å². The largest absolute Gasteiger partial charge is 0.496 e. The van der Waals surface area contributed by atoms with E-state index >= 15 is 0 Å². The molecule has 0 saturated carbocycles. The Kier molecular flexibility index (Phi) is 5.37. The molecular weight excluding hydrogens is 326 g/mol. The lowest BCUT2D eigenvalue weighted by atomic mass is 10.0. The molecule has 3 rings (SSSR count). The number of rotatable bonds is 6. The third-order valence-electron chi connectivity index (χ3n) is 4.19. The van der Waals surface area contributed by atoms with Crippen molar-refractivity contribution in [2.45, 2.75) is 26.3 Å². The van der Waals surface area contributed by atoms with Gasteiger partial charge in [-0.3, -0.25) is 9.89 Å². The lowest BCUT2D eigenvalue weighted by Gasteiger charge is -2.14. The predicted molar refractivity (Wildman–Crippen MR) is 102 cm³/mol. The van der Waals surface area contributed by atoms with Gasteiger partial charge < -0.3 is 10.1 Å². The maximum absolute atomic E-state index is 12.6. The molecule has 0 aliphatic carbocycles. The van der Waals surface area contributed by atoms with E-state index in [0.29, 0.717) is 12.0 Å². The number of aryl methyl sites for hydroxylation is 1. The molecule has 0 aliphatic heterocycles. The molecule has 1 atom stereocenters. The Balaban J connectivity index is 1.74. The van der Waals surface area contributed by atoms with Gasteiger partial charge in [-0.1, -0.05) is 30.3 Å². The Morgan fingerprint density at radius 3 is 2.73 bits per heavy atom. The van der Waals surface area contributed by atoms with Crippen LogP contribution in [0.1, 0.15) is 28.7 Å². The zero-order chi connectivity index (χ0) is 18.5. The van der Waals surface area contributed by atoms with Crippen molar-refractivity contribution in [1.82, 2.24) is 15.5 Å². The van der Waals surface area contributed by atoms with E-state index in [1.54, 1.807) is 7.11 Å². The zero-order valence-corrected chi connectivity index (χ0v) is 15.2. The Hall–Kier alpha value is -3.08. The van der Waals surface area contributed by atoms with E-state index in [4.69, 9.17) is 4.74 Å². The smallest absolute Gasteiger partial charge is 0.251 e. The molecule has 1 unspecified atom stereocenters. The number of benzene rings is 2. The van der Waals surface area contributed by atoms with Gasteiger partial charge in [0.1, 0.15) is 5.75 Å². The Labute approximate surface area is 153 Å². The first kappa shape index (κ1) is 17.7. The molecule has 2 aromatic carbocycles. The van der Waals surface area contributed by atoms with Crippen molar-refractivity contribution in [3.8, 4) is 16.9 Å². The summed E-state index contributed by atoms with van der Waals surface area (Å²) in [6.45, 7) is 3.94. The molecule has 5 nitrogen and oxygen atoms in total. The molecule has 5 heteroatoms. The fraction of sp³-hybridized carbons (Fsp3) is 0.238. The summed E-state index contributed by atoms with van der Waals surface area (Å²) in [5.41, 5.74) is 4.50. The predicted octanol–water partition coefficient (Wildman–Crippen LogP) is 3.75. The minimum atomic E-state index is -0.0958. The van der Waals surface area contributed by atoms with Gasteiger partial charge in [-0.2, -0.15) is 5.10 Å². The van der Waals surface area contributed by atoms with Crippen LogP contribution in [0.2, 0.25) is 0 Å². The van der Waals surface area contributed by atoms with Gasteiger partial charge in [0.2, 0.25) is 0 Å². The molecule has 134 valence electrons. The number of methoxy groups -OCH3 is 1. The number of hydrogen-bond donors (Lipinski definition) is 2. The highest BCUT2D eigenvalue weighted by Gasteiger charge is 2.13. The number of carbonyl (C=O) groups excluding carboxylic acids is 1. The first-order valence-electron chi connectivity index (χ1n) is 8.62. The number of aromatic nitrogens is 2. The summed E-state index contributed by atoms with van der Waals surface area (Å²) in [5, 5.41) is 10.2. The topological polar surface area (TPSA) is 67.0 Å². The van der Waals surface area contributed by atoms with Gasteiger partial charge in [-0.05, 0) is 43.7 Å². The van der Waals surface area contributed by atoms with Crippen LogP contribution in [-0.2, 0) is 6.42 Å². The molecule has 0 spiro atoms. The van der Waals surface area contributed by atoms with Crippen LogP contribution in [0.5, 0.6) is 5.75 Å². The average molecular weight is 349 g/mol. The average Bonchev–Trinajstić information content (AvgIpc) is 3.06. The normalized spacial score (nSPS) is 11.8. The molecule has 0 saturated heterocycles. The van der Waals surface area contributed by atoms with E-state index in [9.17, 15) is 4.79 Å². The van der Waals surface area contributed by atoms with Gasteiger partial charge in [-0.15, -0.1) is 0 Å². The Bertz CT molecular complexity index is 902. The summed E-state index contributed by atoms with van der Waals surface area (Å²) in [7, 11) is 1.65. The summed E-state index contributed by atoms with van der Waals surface area (Å²) in [4.78, 5) is 12.6. The molecule has 2 N–H and O–H groups in total. The zero-order valence-electron chi connectivity index (χ0n) is 15.2. The fourth-order valence-electron chi connectivity index (χ4n) is 2.96. The summed E-state index contributed by atoms with van der Waals surface area (Å²) in [6.07, 6.45) is 0.683. The van der Waals surface area contributed by atoms with Gasteiger partial charge >= 0.3 is 0 Å². The van der Waals surface area contributed by atoms with Crippen molar-refractivity contribution in [1.29, 1.82) is 0 Å². The van der Waals surface area contributed by atoms with Crippen molar-refractivity contribution in [3.63, 3.8) is 0 Å². The first-order chi connectivity index (χ1) is 12.6. The minimum Gasteiger partial charge on any atom is -0.496 e. The number of aromatic amines is 1. The maximum Gasteiger partial charge on any atom is 0.251 e. The summed E-state index contributed by atoms with van der Waals surface area (Å²) < 4.78 is 5.42. The molecule has 0 fully saturated rings. The second-order valence-electron chi connectivity index (χ2n) is 6.40. The molecule has 0 radical (unpaired) electrons. The Morgan fingerprint density at radius 2 is 2.00 bits per heavy atom. The van der Waals surface area contributed by atoms with E-state index in [-0.39, 0.29) is 11.9 Å². The van der Waals surface area contributed by atoms with Crippen LogP contribution in [-0.4, -0.2) is 29.3 Å². The van der Waals surface area contributed by atoms with Gasteiger partial charge in [0, 0.05) is 29.3 Å². The number of nitrogens with one attached hydrogen (secondary N) is 2. The van der Waals surface area contributed by atoms with Crippen LogP contribution in [0.25, 0.3) is 11.1 Å². The lowest BCUT2D eigenvalue weighted by Crippen LogP contribution is -2.34. The third kappa shape index (κ3) is 4.11. The van der Waals surface area contributed by atoms with Crippen LogP contribution in [0.3, 0.4) is 0 Å². The highest BCUT2D eigenvalue weighted by molar-refractivity contribution is 5.95. The minimum absolute atomic E-state index is 0.0138. The fourth-order valence-corrected chi connectivity index (χ4v) is 2.96. The van der Waals surface area contributed by atoms with E-state index in [0.717, 1.165) is 28.3 Å². The molecular formula is C21H23N3O2. The van der Waals surface area contributed by atoms with E-state index in [2.05, 4.69) is 15.5 Å². The Morgan fingerprint density at radius 1 is 1.19 bits per heavy atom. The van der Waals surface area contributed by atoms with Gasteiger partial charge in [0.15, 0.2) is 0 Å².